The van der Waals surface area contributed by atoms with E-state index in [1.54, 1.807) is 0 Å². The van der Waals surface area contributed by atoms with E-state index in [-0.39, 0.29) is 6.03 Å². The molecule has 0 saturated carbocycles. The van der Waals surface area contributed by atoms with Gasteiger partial charge in [0.1, 0.15) is 0 Å². The average molecular weight is 345 g/mol. The number of rotatable bonds is 6. The van der Waals surface area contributed by atoms with Crippen LogP contribution in [0.25, 0.3) is 0 Å². The first-order chi connectivity index (χ1) is 12.2. The monoisotopic (exact) mass is 345 g/mol. The van der Waals surface area contributed by atoms with Crippen molar-refractivity contribution in [3.05, 3.63) is 35.9 Å². The van der Waals surface area contributed by atoms with Crippen molar-refractivity contribution in [3.63, 3.8) is 0 Å². The summed E-state index contributed by atoms with van der Waals surface area (Å²) in [6.07, 6.45) is 3.50. The van der Waals surface area contributed by atoms with Gasteiger partial charge < -0.3 is 19.9 Å². The molecule has 2 atom stereocenters. The third kappa shape index (κ3) is 5.72. The largest absolute Gasteiger partial charge is 0.376 e. The van der Waals surface area contributed by atoms with E-state index in [4.69, 9.17) is 4.74 Å². The molecule has 0 spiro atoms. The van der Waals surface area contributed by atoms with Crippen molar-refractivity contribution in [2.24, 2.45) is 11.8 Å². The fourth-order valence-electron chi connectivity index (χ4n) is 3.85. The van der Waals surface area contributed by atoms with Gasteiger partial charge in [-0.3, -0.25) is 0 Å². The Morgan fingerprint density at radius 2 is 2.00 bits per heavy atom. The Morgan fingerprint density at radius 1 is 1.16 bits per heavy atom. The molecule has 1 N–H and O–H groups in total. The van der Waals surface area contributed by atoms with Crippen LogP contribution in [0, 0.1) is 11.8 Å². The van der Waals surface area contributed by atoms with Gasteiger partial charge in [-0.15, -0.1) is 0 Å². The average Bonchev–Trinajstić information content (AvgIpc) is 3.10. The van der Waals surface area contributed by atoms with E-state index >= 15 is 0 Å². The lowest BCUT2D eigenvalue weighted by atomic mass is 9.99. The van der Waals surface area contributed by atoms with Gasteiger partial charge in [0.15, 0.2) is 0 Å². The molecule has 25 heavy (non-hydrogen) atoms. The minimum Gasteiger partial charge on any atom is -0.376 e. The Labute approximate surface area is 151 Å². The summed E-state index contributed by atoms with van der Waals surface area (Å²) in [5, 5.41) is 3.14. The summed E-state index contributed by atoms with van der Waals surface area (Å²) in [4.78, 5) is 16.7. The van der Waals surface area contributed by atoms with Crippen LogP contribution >= 0.6 is 0 Å². The molecule has 5 heteroatoms. The standard InChI is InChI=1S/C20H31N3O2/c1-22-10-5-8-18(13-22)12-21-20(24)23-11-9-19(14-23)16-25-15-17-6-3-2-4-7-17/h2-4,6-7,18-19H,5,8-16H2,1H3,(H,21,24)/t18-,19-/m1/s1. The Balaban J connectivity index is 1.32. The van der Waals surface area contributed by atoms with Crippen molar-refractivity contribution >= 4 is 6.03 Å². The second-order valence-electron chi connectivity index (χ2n) is 7.56. The molecule has 2 saturated heterocycles. The first-order valence-electron chi connectivity index (χ1n) is 9.53. The Kier molecular flexibility index (Phi) is 6.70. The third-order valence-electron chi connectivity index (χ3n) is 5.30. The van der Waals surface area contributed by atoms with Crippen LogP contribution in [0.2, 0.25) is 0 Å². The zero-order valence-electron chi connectivity index (χ0n) is 15.3. The topological polar surface area (TPSA) is 44.8 Å². The molecule has 0 unspecified atom stereocenters. The summed E-state index contributed by atoms with van der Waals surface area (Å²) in [5.41, 5.74) is 1.20. The molecule has 0 aliphatic carbocycles. The van der Waals surface area contributed by atoms with Crippen molar-refractivity contribution in [2.45, 2.75) is 25.9 Å². The van der Waals surface area contributed by atoms with E-state index in [1.807, 2.05) is 23.1 Å². The molecule has 0 bridgehead atoms. The number of benzene rings is 1. The van der Waals surface area contributed by atoms with Gasteiger partial charge in [0.2, 0.25) is 0 Å². The predicted octanol–water partition coefficient (Wildman–Crippen LogP) is 2.58. The lowest BCUT2D eigenvalue weighted by molar-refractivity contribution is 0.0896. The van der Waals surface area contributed by atoms with E-state index in [0.717, 1.165) is 39.2 Å². The highest BCUT2D eigenvalue weighted by atomic mass is 16.5. The Hall–Kier alpha value is -1.59. The van der Waals surface area contributed by atoms with Gasteiger partial charge >= 0.3 is 6.03 Å². The predicted molar refractivity (Wildman–Crippen MR) is 99.4 cm³/mol. The van der Waals surface area contributed by atoms with Crippen molar-refractivity contribution in [1.82, 2.24) is 15.1 Å². The van der Waals surface area contributed by atoms with E-state index < -0.39 is 0 Å². The zero-order valence-corrected chi connectivity index (χ0v) is 15.3. The summed E-state index contributed by atoms with van der Waals surface area (Å²) >= 11 is 0. The second-order valence-corrected chi connectivity index (χ2v) is 7.56. The number of piperidine rings is 1. The summed E-state index contributed by atoms with van der Waals surface area (Å²) in [6.45, 7) is 6.11. The number of hydrogen-bond donors (Lipinski definition) is 1. The summed E-state index contributed by atoms with van der Waals surface area (Å²) < 4.78 is 5.83. The summed E-state index contributed by atoms with van der Waals surface area (Å²) in [7, 11) is 2.16. The Morgan fingerprint density at radius 3 is 2.80 bits per heavy atom. The summed E-state index contributed by atoms with van der Waals surface area (Å²) in [5.74, 6) is 1.05. The second kappa shape index (κ2) is 9.20. The maximum absolute atomic E-state index is 12.4. The van der Waals surface area contributed by atoms with Gasteiger partial charge in [-0.1, -0.05) is 30.3 Å². The van der Waals surface area contributed by atoms with Crippen LogP contribution in [-0.2, 0) is 11.3 Å². The first kappa shape index (κ1) is 18.2. The molecule has 1 aromatic rings. The fourth-order valence-corrected chi connectivity index (χ4v) is 3.85. The van der Waals surface area contributed by atoms with Crippen molar-refractivity contribution in [1.29, 1.82) is 0 Å². The SMILES string of the molecule is CN1CCC[C@H](CNC(=O)N2CC[C@@H](COCc3ccccc3)C2)C1. The van der Waals surface area contributed by atoms with E-state index in [2.05, 4.69) is 29.4 Å². The lowest BCUT2D eigenvalue weighted by Crippen LogP contribution is -2.44. The van der Waals surface area contributed by atoms with Gasteiger partial charge in [0.25, 0.3) is 0 Å². The van der Waals surface area contributed by atoms with Gasteiger partial charge in [0, 0.05) is 32.1 Å². The van der Waals surface area contributed by atoms with Gasteiger partial charge in [0.05, 0.1) is 13.2 Å². The van der Waals surface area contributed by atoms with Crippen LogP contribution in [0.5, 0.6) is 0 Å². The van der Waals surface area contributed by atoms with Crippen LogP contribution < -0.4 is 5.32 Å². The van der Waals surface area contributed by atoms with Crippen molar-refractivity contribution in [3.8, 4) is 0 Å². The molecule has 3 rings (SSSR count). The highest BCUT2D eigenvalue weighted by molar-refractivity contribution is 5.74. The molecule has 138 valence electrons. The maximum atomic E-state index is 12.4. The molecular weight excluding hydrogens is 314 g/mol. The molecule has 0 radical (unpaired) electrons. The number of ether oxygens (including phenoxy) is 1. The van der Waals surface area contributed by atoms with Gasteiger partial charge in [-0.05, 0) is 44.3 Å². The molecule has 2 aliphatic rings. The molecule has 2 aliphatic heterocycles. The van der Waals surface area contributed by atoms with Gasteiger partial charge in [-0.2, -0.15) is 0 Å². The molecular formula is C20H31N3O2. The maximum Gasteiger partial charge on any atom is 0.317 e. The molecule has 2 amide bonds. The highest BCUT2D eigenvalue weighted by Gasteiger charge is 2.27. The van der Waals surface area contributed by atoms with Crippen LogP contribution in [0.3, 0.4) is 0 Å². The van der Waals surface area contributed by atoms with Crippen LogP contribution in [0.4, 0.5) is 4.79 Å². The van der Waals surface area contributed by atoms with E-state index in [0.29, 0.717) is 18.4 Å². The summed E-state index contributed by atoms with van der Waals surface area (Å²) in [6, 6.07) is 10.3. The van der Waals surface area contributed by atoms with Crippen LogP contribution in [0.1, 0.15) is 24.8 Å². The lowest BCUT2D eigenvalue weighted by Gasteiger charge is -2.30. The van der Waals surface area contributed by atoms with Gasteiger partial charge in [-0.25, -0.2) is 4.79 Å². The van der Waals surface area contributed by atoms with E-state index in [9.17, 15) is 4.79 Å². The normalized spacial score (nSPS) is 24.4. The highest BCUT2D eigenvalue weighted by Crippen LogP contribution is 2.18. The number of nitrogens with one attached hydrogen (secondary N) is 1. The number of carbonyl (C=O) groups is 1. The minimum atomic E-state index is 0.0961. The number of likely N-dealkylation sites (tertiary alicyclic amines) is 2. The number of urea groups is 1. The molecule has 2 heterocycles. The molecule has 2 fully saturated rings. The molecule has 5 nitrogen and oxygen atoms in total. The quantitative estimate of drug-likeness (QED) is 0.862. The van der Waals surface area contributed by atoms with Crippen molar-refractivity contribution in [2.75, 3.05) is 46.4 Å². The minimum absolute atomic E-state index is 0.0961. The fraction of sp³-hybridized carbons (Fsp3) is 0.650. The smallest absolute Gasteiger partial charge is 0.317 e. The van der Waals surface area contributed by atoms with Crippen LogP contribution in [-0.4, -0.2) is 62.2 Å². The van der Waals surface area contributed by atoms with Crippen LogP contribution in [0.15, 0.2) is 30.3 Å². The number of nitrogens with zero attached hydrogens (tertiary/aromatic N) is 2. The third-order valence-corrected chi connectivity index (χ3v) is 5.30. The number of carbonyl (C=O) groups excluding carboxylic acids is 1. The van der Waals surface area contributed by atoms with Crippen molar-refractivity contribution < 1.29 is 9.53 Å². The zero-order chi connectivity index (χ0) is 17.5. The number of amides is 2. The van der Waals surface area contributed by atoms with E-state index in [1.165, 1.54) is 24.9 Å². The first-order valence-corrected chi connectivity index (χ1v) is 9.53. The molecule has 0 aromatic heterocycles. The number of hydrogen-bond acceptors (Lipinski definition) is 3. The molecule has 1 aromatic carbocycles. The Bertz CT molecular complexity index is 537.